The number of hydrogen-bond acceptors (Lipinski definition) is 4. The minimum Gasteiger partial charge on any atom is -0.503 e. The van der Waals surface area contributed by atoms with E-state index in [1.54, 1.807) is 4.90 Å². The van der Waals surface area contributed by atoms with Crippen LogP contribution in [0.2, 0.25) is 0 Å². The van der Waals surface area contributed by atoms with Gasteiger partial charge in [0, 0.05) is 31.4 Å². The Balaban J connectivity index is 1.67. The maximum Gasteiger partial charge on any atom is 0.274 e. The van der Waals surface area contributed by atoms with E-state index in [1.807, 2.05) is 0 Å². The summed E-state index contributed by atoms with van der Waals surface area (Å²) >= 11 is 0. The van der Waals surface area contributed by atoms with Crippen LogP contribution in [0, 0.1) is 24.4 Å². The Kier molecular flexibility index (Phi) is 5.24. The van der Waals surface area contributed by atoms with Crippen LogP contribution in [0.5, 0.6) is 5.75 Å². The Morgan fingerprint density at radius 2 is 1.97 bits per heavy atom. The van der Waals surface area contributed by atoms with Gasteiger partial charge in [-0.05, 0) is 37.8 Å². The first-order valence-corrected chi connectivity index (χ1v) is 9.89. The molecule has 2 N–H and O–H groups in total. The van der Waals surface area contributed by atoms with Crippen LogP contribution in [0.3, 0.4) is 0 Å². The molecule has 4 rings (SSSR count). The normalized spacial score (nSPS) is 17.9. The molecule has 10 heteroatoms. The number of rotatable bonds is 3. The zero-order valence-electron chi connectivity index (χ0n) is 16.7. The molecule has 1 atom stereocenters. The van der Waals surface area contributed by atoms with Crippen molar-refractivity contribution in [2.45, 2.75) is 38.8 Å². The van der Waals surface area contributed by atoms with Crippen LogP contribution in [0.4, 0.5) is 13.2 Å². The van der Waals surface area contributed by atoms with Crippen molar-refractivity contribution in [1.82, 2.24) is 14.8 Å². The fourth-order valence-corrected chi connectivity index (χ4v) is 4.14. The van der Waals surface area contributed by atoms with E-state index >= 15 is 0 Å². The van der Waals surface area contributed by atoms with Crippen LogP contribution >= 0.6 is 0 Å². The van der Waals surface area contributed by atoms with Gasteiger partial charge in [0.2, 0.25) is 5.43 Å². The van der Waals surface area contributed by atoms with E-state index in [4.69, 9.17) is 0 Å². The van der Waals surface area contributed by atoms with Gasteiger partial charge in [-0.2, -0.15) is 0 Å². The van der Waals surface area contributed by atoms with Gasteiger partial charge in [-0.1, -0.05) is 0 Å². The second-order valence-electron chi connectivity index (χ2n) is 7.84. The van der Waals surface area contributed by atoms with Crippen molar-refractivity contribution < 1.29 is 27.9 Å². The number of nitrogens with zero attached hydrogens (tertiary/aromatic N) is 2. The molecule has 2 bridgehead atoms. The molecule has 0 aliphatic carbocycles. The van der Waals surface area contributed by atoms with Crippen molar-refractivity contribution in [3.05, 3.63) is 62.3 Å². The lowest BCUT2D eigenvalue weighted by atomic mass is 10.1. The van der Waals surface area contributed by atoms with Crippen molar-refractivity contribution in [2.75, 3.05) is 13.1 Å². The predicted octanol–water partition coefficient (Wildman–Crippen LogP) is 2.39. The van der Waals surface area contributed by atoms with Crippen LogP contribution < -0.4 is 10.7 Å². The maximum atomic E-state index is 14.1. The number of benzene rings is 1. The van der Waals surface area contributed by atoms with Gasteiger partial charge in [-0.25, -0.2) is 13.2 Å². The number of aromatic nitrogens is 1. The third-order valence-corrected chi connectivity index (χ3v) is 5.85. The monoisotopic (exact) mass is 435 g/mol. The highest BCUT2D eigenvalue weighted by Gasteiger charge is 2.36. The second-order valence-corrected chi connectivity index (χ2v) is 7.84. The number of carbonyl (C=O) groups excluding carboxylic acids is 2. The molecule has 31 heavy (non-hydrogen) atoms. The van der Waals surface area contributed by atoms with E-state index in [2.05, 4.69) is 5.32 Å². The molecule has 7 nitrogen and oxygen atoms in total. The van der Waals surface area contributed by atoms with Crippen LogP contribution in [0.25, 0.3) is 0 Å². The number of fused-ring (bicyclic) bond motifs is 4. The van der Waals surface area contributed by atoms with Gasteiger partial charge < -0.3 is 19.9 Å². The van der Waals surface area contributed by atoms with Gasteiger partial charge in [-0.15, -0.1) is 0 Å². The van der Waals surface area contributed by atoms with Gasteiger partial charge >= 0.3 is 0 Å². The first kappa shape index (κ1) is 21.0. The number of aromatic hydroxyl groups is 1. The quantitative estimate of drug-likeness (QED) is 0.725. The number of pyridine rings is 1. The Morgan fingerprint density at radius 3 is 2.71 bits per heavy atom. The van der Waals surface area contributed by atoms with Crippen LogP contribution in [-0.4, -0.2) is 39.5 Å². The zero-order chi connectivity index (χ0) is 22.4. The molecule has 0 radical (unpaired) electrons. The molecule has 2 aromatic rings. The van der Waals surface area contributed by atoms with Crippen LogP contribution in [0.15, 0.2) is 17.1 Å². The van der Waals surface area contributed by atoms with E-state index in [0.29, 0.717) is 19.5 Å². The molecule has 0 spiro atoms. The van der Waals surface area contributed by atoms with E-state index < -0.39 is 58.1 Å². The summed E-state index contributed by atoms with van der Waals surface area (Å²) < 4.78 is 43.2. The van der Waals surface area contributed by atoms with Crippen LogP contribution in [-0.2, 0) is 6.54 Å². The van der Waals surface area contributed by atoms with E-state index in [9.17, 15) is 32.7 Å². The Morgan fingerprint density at radius 1 is 1.23 bits per heavy atom. The number of nitrogens with one attached hydrogen (secondary N) is 1. The van der Waals surface area contributed by atoms with Crippen molar-refractivity contribution in [1.29, 1.82) is 0 Å². The van der Waals surface area contributed by atoms with Crippen molar-refractivity contribution in [3.8, 4) is 5.75 Å². The zero-order valence-corrected chi connectivity index (χ0v) is 16.7. The van der Waals surface area contributed by atoms with Gasteiger partial charge in [-0.3, -0.25) is 14.4 Å². The topological polar surface area (TPSA) is 91.6 Å². The van der Waals surface area contributed by atoms with Gasteiger partial charge in [0.15, 0.2) is 23.1 Å². The maximum absolute atomic E-state index is 14.1. The number of amides is 2. The molecular weight excluding hydrogens is 415 g/mol. The average molecular weight is 435 g/mol. The summed E-state index contributed by atoms with van der Waals surface area (Å²) in [6, 6.07) is 0.595. The molecule has 2 amide bonds. The highest BCUT2D eigenvalue weighted by molar-refractivity contribution is 5.99. The third-order valence-electron chi connectivity index (χ3n) is 5.85. The summed E-state index contributed by atoms with van der Waals surface area (Å²) in [5, 5.41) is 12.6. The lowest BCUT2D eigenvalue weighted by molar-refractivity contribution is 0.0677. The molecular formula is C21H20F3N3O4. The molecule has 1 aromatic heterocycles. The second kappa shape index (κ2) is 7.75. The van der Waals surface area contributed by atoms with Crippen molar-refractivity contribution >= 4 is 11.8 Å². The van der Waals surface area contributed by atoms with Gasteiger partial charge in [0.1, 0.15) is 11.4 Å². The SMILES string of the molecule is Cc1cc(F)c(CNC(=O)c2cn3c(c(O)c2=O)C(=O)N2CCCC[C@H]3C2)c(F)c1F. The number of carbonyl (C=O) groups is 2. The molecule has 0 saturated carbocycles. The summed E-state index contributed by atoms with van der Waals surface area (Å²) in [4.78, 5) is 39.4. The largest absolute Gasteiger partial charge is 0.503 e. The summed E-state index contributed by atoms with van der Waals surface area (Å²) in [6.45, 7) is 1.42. The van der Waals surface area contributed by atoms with E-state index in [0.717, 1.165) is 18.9 Å². The average Bonchev–Trinajstić information content (AvgIpc) is 2.96. The summed E-state index contributed by atoms with van der Waals surface area (Å²) in [7, 11) is 0. The van der Waals surface area contributed by atoms with Crippen molar-refractivity contribution in [2.24, 2.45) is 0 Å². The fourth-order valence-electron chi connectivity index (χ4n) is 4.14. The number of halogens is 3. The number of aryl methyl sites for hydroxylation is 1. The smallest absolute Gasteiger partial charge is 0.274 e. The summed E-state index contributed by atoms with van der Waals surface area (Å²) in [5.41, 5.74) is -2.61. The molecule has 0 unspecified atom stereocenters. The minimum absolute atomic E-state index is 0.169. The first-order valence-electron chi connectivity index (χ1n) is 9.89. The number of hydrogen-bond donors (Lipinski definition) is 2. The van der Waals surface area contributed by atoms with E-state index in [1.165, 1.54) is 17.7 Å². The summed E-state index contributed by atoms with van der Waals surface area (Å²) in [6.07, 6.45) is 3.51. The minimum atomic E-state index is -1.42. The lowest BCUT2D eigenvalue weighted by Gasteiger charge is -2.34. The molecule has 1 fully saturated rings. The summed E-state index contributed by atoms with van der Waals surface area (Å²) in [5.74, 6) is -6.02. The Bertz CT molecular complexity index is 1160. The molecule has 1 saturated heterocycles. The van der Waals surface area contributed by atoms with Crippen molar-refractivity contribution in [3.63, 3.8) is 0 Å². The first-order chi connectivity index (χ1) is 14.7. The Labute approximate surface area is 175 Å². The molecule has 1 aromatic carbocycles. The predicted molar refractivity (Wildman–Crippen MR) is 103 cm³/mol. The molecule has 2 aliphatic rings. The fraction of sp³-hybridized carbons (Fsp3) is 0.381. The standard InChI is InChI=1S/C21H20F3N3O4/c1-10-6-14(22)12(16(24)15(10)23)7-25-20(30)13-9-27-11-4-2-3-5-26(8-11)21(31)17(27)19(29)18(13)28/h6,9,11,29H,2-5,7-8H2,1H3,(H,25,30)/t11-/m0/s1. The highest BCUT2D eigenvalue weighted by atomic mass is 19.2. The molecule has 3 heterocycles. The van der Waals surface area contributed by atoms with E-state index in [-0.39, 0.29) is 17.3 Å². The molecule has 164 valence electrons. The molecule has 2 aliphatic heterocycles. The highest BCUT2D eigenvalue weighted by Crippen LogP contribution is 2.31. The van der Waals surface area contributed by atoms with Crippen LogP contribution in [0.1, 0.15) is 57.3 Å². The van der Waals surface area contributed by atoms with Gasteiger partial charge in [0.05, 0.1) is 6.04 Å². The third kappa shape index (κ3) is 3.45. The van der Waals surface area contributed by atoms with Gasteiger partial charge in [0.25, 0.3) is 11.8 Å². The lowest BCUT2D eigenvalue weighted by Crippen LogP contribution is -2.44. The Hall–Kier alpha value is -3.30.